The summed E-state index contributed by atoms with van der Waals surface area (Å²) < 4.78 is 13.1. The van der Waals surface area contributed by atoms with E-state index in [-0.39, 0.29) is 18.3 Å². The maximum Gasteiger partial charge on any atom is 0.303 e. The highest BCUT2D eigenvalue weighted by Crippen LogP contribution is 2.19. The van der Waals surface area contributed by atoms with Crippen LogP contribution in [-0.4, -0.2) is 28.8 Å². The molecule has 1 aromatic carbocycles. The second-order valence-electron chi connectivity index (χ2n) is 4.69. The Kier molecular flexibility index (Phi) is 5.92. The molecule has 0 saturated carbocycles. The van der Waals surface area contributed by atoms with Crippen molar-refractivity contribution >= 4 is 5.97 Å². The van der Waals surface area contributed by atoms with Gasteiger partial charge in [-0.3, -0.25) is 4.79 Å². The summed E-state index contributed by atoms with van der Waals surface area (Å²) in [6, 6.07) is 4.29. The van der Waals surface area contributed by atoms with Crippen LogP contribution in [0.3, 0.4) is 0 Å². The van der Waals surface area contributed by atoms with E-state index < -0.39 is 12.1 Å². The van der Waals surface area contributed by atoms with Crippen LogP contribution in [-0.2, 0) is 4.79 Å². The van der Waals surface area contributed by atoms with Gasteiger partial charge in [0.25, 0.3) is 0 Å². The molecule has 0 aliphatic rings. The van der Waals surface area contributed by atoms with Gasteiger partial charge < -0.3 is 15.5 Å². The summed E-state index contributed by atoms with van der Waals surface area (Å²) >= 11 is 0. The molecule has 0 amide bonds. The topological polar surface area (TPSA) is 69.6 Å². The first kappa shape index (κ1) is 15.6. The molecule has 19 heavy (non-hydrogen) atoms. The lowest BCUT2D eigenvalue weighted by Crippen LogP contribution is -2.33. The van der Waals surface area contributed by atoms with Gasteiger partial charge in [-0.05, 0) is 44.0 Å². The molecule has 0 aliphatic carbocycles. The van der Waals surface area contributed by atoms with Crippen molar-refractivity contribution in [3.8, 4) is 0 Å². The van der Waals surface area contributed by atoms with Crippen LogP contribution in [0.1, 0.15) is 37.0 Å². The molecule has 0 spiro atoms. The average molecular weight is 269 g/mol. The Balaban J connectivity index is 2.49. The number of carbonyl (C=O) groups is 1. The molecule has 0 fully saturated rings. The van der Waals surface area contributed by atoms with Gasteiger partial charge >= 0.3 is 5.97 Å². The molecule has 106 valence electrons. The van der Waals surface area contributed by atoms with Crippen molar-refractivity contribution in [2.24, 2.45) is 0 Å². The maximum atomic E-state index is 13.1. The number of hydrogen-bond acceptors (Lipinski definition) is 3. The number of nitrogens with one attached hydrogen (secondary N) is 1. The van der Waals surface area contributed by atoms with E-state index in [9.17, 15) is 14.3 Å². The van der Waals surface area contributed by atoms with Gasteiger partial charge in [-0.2, -0.15) is 0 Å². The Morgan fingerprint density at radius 2 is 2.16 bits per heavy atom. The molecule has 0 radical (unpaired) electrons. The fourth-order valence-corrected chi connectivity index (χ4v) is 1.82. The third-order valence-corrected chi connectivity index (χ3v) is 3.03. The lowest BCUT2D eigenvalue weighted by atomic mass is 10.0. The van der Waals surface area contributed by atoms with Gasteiger partial charge in [0, 0.05) is 12.5 Å². The zero-order valence-corrected chi connectivity index (χ0v) is 11.2. The largest absolute Gasteiger partial charge is 0.481 e. The fourth-order valence-electron chi connectivity index (χ4n) is 1.82. The summed E-state index contributed by atoms with van der Waals surface area (Å²) in [6.45, 7) is 3.98. The number of aliphatic hydroxyl groups excluding tert-OH is 1. The van der Waals surface area contributed by atoms with Gasteiger partial charge in [-0.25, -0.2) is 4.39 Å². The quantitative estimate of drug-likeness (QED) is 0.662. The number of carboxylic acids is 1. The van der Waals surface area contributed by atoms with E-state index in [1.807, 2.05) is 6.92 Å². The Morgan fingerprint density at radius 1 is 1.47 bits per heavy atom. The number of benzene rings is 1. The highest BCUT2D eigenvalue weighted by Gasteiger charge is 2.16. The number of hydrogen-bond donors (Lipinski definition) is 3. The second-order valence-corrected chi connectivity index (χ2v) is 4.69. The minimum atomic E-state index is -0.829. The lowest BCUT2D eigenvalue weighted by Gasteiger charge is -2.21. The summed E-state index contributed by atoms with van der Waals surface area (Å²) in [5.74, 6) is -1.12. The second kappa shape index (κ2) is 7.21. The van der Waals surface area contributed by atoms with Gasteiger partial charge in [0.2, 0.25) is 0 Å². The molecule has 5 heteroatoms. The molecule has 0 bridgehead atoms. The van der Waals surface area contributed by atoms with Gasteiger partial charge in [0.05, 0.1) is 6.10 Å². The molecule has 0 aromatic heterocycles. The van der Waals surface area contributed by atoms with Crippen LogP contribution in [0.2, 0.25) is 0 Å². The summed E-state index contributed by atoms with van der Waals surface area (Å²) in [5, 5.41) is 21.7. The van der Waals surface area contributed by atoms with E-state index in [4.69, 9.17) is 5.11 Å². The van der Waals surface area contributed by atoms with E-state index in [1.54, 1.807) is 19.1 Å². The molecule has 2 atom stereocenters. The van der Waals surface area contributed by atoms with Crippen LogP contribution < -0.4 is 5.32 Å². The Hall–Kier alpha value is -1.46. The predicted molar refractivity (Wildman–Crippen MR) is 70.4 cm³/mol. The van der Waals surface area contributed by atoms with Crippen molar-refractivity contribution in [1.82, 2.24) is 5.32 Å². The van der Waals surface area contributed by atoms with Gasteiger partial charge in [0.1, 0.15) is 5.82 Å². The van der Waals surface area contributed by atoms with Crippen LogP contribution in [0.25, 0.3) is 0 Å². The first-order chi connectivity index (χ1) is 8.91. The molecule has 4 nitrogen and oxygen atoms in total. The van der Waals surface area contributed by atoms with Gasteiger partial charge in [0.15, 0.2) is 0 Å². The van der Waals surface area contributed by atoms with Crippen molar-refractivity contribution in [3.05, 3.63) is 35.1 Å². The van der Waals surface area contributed by atoms with Crippen LogP contribution in [0.5, 0.6) is 0 Å². The average Bonchev–Trinajstić information content (AvgIpc) is 2.36. The van der Waals surface area contributed by atoms with E-state index in [0.717, 1.165) is 0 Å². The molecule has 2 unspecified atom stereocenters. The smallest absolute Gasteiger partial charge is 0.303 e. The molecular formula is C14H20FNO3. The predicted octanol–water partition coefficient (Wildman–Crippen LogP) is 2.01. The zero-order chi connectivity index (χ0) is 14.4. The van der Waals surface area contributed by atoms with Crippen LogP contribution >= 0.6 is 0 Å². The summed E-state index contributed by atoms with van der Waals surface area (Å²) in [5.41, 5.74) is 1.15. The van der Waals surface area contributed by atoms with Crippen molar-refractivity contribution < 1.29 is 19.4 Å². The van der Waals surface area contributed by atoms with Crippen LogP contribution in [0.4, 0.5) is 4.39 Å². The minimum Gasteiger partial charge on any atom is -0.481 e. The Morgan fingerprint density at radius 3 is 2.74 bits per heavy atom. The minimum absolute atomic E-state index is 0.103. The summed E-state index contributed by atoms with van der Waals surface area (Å²) in [6.07, 6.45) is -0.135. The molecule has 0 aliphatic heterocycles. The van der Waals surface area contributed by atoms with E-state index in [1.165, 1.54) is 6.07 Å². The van der Waals surface area contributed by atoms with Crippen molar-refractivity contribution in [3.63, 3.8) is 0 Å². The summed E-state index contributed by atoms with van der Waals surface area (Å²) in [4.78, 5) is 10.4. The summed E-state index contributed by atoms with van der Waals surface area (Å²) in [7, 11) is 0. The van der Waals surface area contributed by atoms with Gasteiger partial charge in [-0.15, -0.1) is 0 Å². The first-order valence-electron chi connectivity index (χ1n) is 6.31. The number of halogens is 1. The van der Waals surface area contributed by atoms with Crippen molar-refractivity contribution in [1.29, 1.82) is 0 Å². The molecule has 3 N–H and O–H groups in total. The molecule has 0 saturated heterocycles. The van der Waals surface area contributed by atoms with Crippen LogP contribution in [0.15, 0.2) is 18.2 Å². The Labute approximate surface area is 112 Å². The number of aryl methyl sites for hydroxylation is 1. The highest BCUT2D eigenvalue weighted by molar-refractivity contribution is 5.66. The monoisotopic (exact) mass is 269 g/mol. The fraction of sp³-hybridized carbons (Fsp3) is 0.500. The third kappa shape index (κ3) is 4.96. The SMILES string of the molecule is Cc1cc(C(O)C(C)NCCCC(=O)O)ccc1F. The highest BCUT2D eigenvalue weighted by atomic mass is 19.1. The van der Waals surface area contributed by atoms with Crippen molar-refractivity contribution in [2.75, 3.05) is 6.54 Å². The number of aliphatic hydroxyl groups is 1. The lowest BCUT2D eigenvalue weighted by molar-refractivity contribution is -0.137. The number of aliphatic carboxylic acids is 1. The normalized spacial score (nSPS) is 14.1. The number of rotatable bonds is 7. The van der Waals surface area contributed by atoms with E-state index in [0.29, 0.717) is 24.1 Å². The molecule has 1 rings (SSSR count). The van der Waals surface area contributed by atoms with E-state index >= 15 is 0 Å². The van der Waals surface area contributed by atoms with Gasteiger partial charge in [-0.1, -0.05) is 12.1 Å². The van der Waals surface area contributed by atoms with Crippen LogP contribution in [0, 0.1) is 12.7 Å². The zero-order valence-electron chi connectivity index (χ0n) is 11.2. The maximum absolute atomic E-state index is 13.1. The number of carboxylic acid groups (broad SMARTS) is 1. The molecule has 0 heterocycles. The molecule has 1 aromatic rings. The first-order valence-corrected chi connectivity index (χ1v) is 6.31. The van der Waals surface area contributed by atoms with Crippen molar-refractivity contribution in [2.45, 2.75) is 38.8 Å². The third-order valence-electron chi connectivity index (χ3n) is 3.03. The molecular weight excluding hydrogens is 249 g/mol. The Bertz CT molecular complexity index is 437. The standard InChI is InChI=1S/C14H20FNO3/c1-9-8-11(5-6-12(9)15)14(19)10(2)16-7-3-4-13(17)18/h5-6,8,10,14,16,19H,3-4,7H2,1-2H3,(H,17,18). The van der Waals surface area contributed by atoms with E-state index in [2.05, 4.69) is 5.32 Å².